The van der Waals surface area contributed by atoms with Gasteiger partial charge in [-0.3, -0.25) is 14.2 Å². The normalized spacial score (nSPS) is 14.5. The van der Waals surface area contributed by atoms with Crippen molar-refractivity contribution in [3.05, 3.63) is 85.1 Å². The van der Waals surface area contributed by atoms with Crippen molar-refractivity contribution in [2.75, 3.05) is 40.9 Å². The molecule has 0 aromatic carbocycles. The average molecular weight is 971 g/mol. The topological polar surface area (TPSA) is 114 Å². The molecule has 392 valence electrons. The van der Waals surface area contributed by atoms with Crippen LogP contribution in [0.4, 0.5) is 0 Å². The van der Waals surface area contributed by atoms with Crippen LogP contribution in [0.1, 0.15) is 220 Å². The van der Waals surface area contributed by atoms with Gasteiger partial charge in [0.2, 0.25) is 5.91 Å². The summed E-state index contributed by atoms with van der Waals surface area (Å²) in [6.07, 6.45) is 61.4. The van der Waals surface area contributed by atoms with E-state index < -0.39 is 26.6 Å². The summed E-state index contributed by atoms with van der Waals surface area (Å²) in [6.45, 7) is 6.63. The second kappa shape index (κ2) is 47.8. The molecule has 0 aliphatic rings. The fourth-order valence-electron chi connectivity index (χ4n) is 7.33. The monoisotopic (exact) mass is 971 g/mol. The average Bonchev–Trinajstić information content (AvgIpc) is 3.29. The molecule has 1 amide bonds. The van der Waals surface area contributed by atoms with Gasteiger partial charge in [-0.25, -0.2) is 0 Å². The zero-order chi connectivity index (χ0) is 50.1. The summed E-state index contributed by atoms with van der Waals surface area (Å²) < 4.78 is 30.1. The van der Waals surface area contributed by atoms with Crippen molar-refractivity contribution >= 4 is 19.7 Å². The molecule has 0 fully saturated rings. The van der Waals surface area contributed by atoms with Gasteiger partial charge in [0.25, 0.3) is 7.82 Å². The molecule has 0 radical (unpaired) electrons. The second-order valence-corrected chi connectivity index (χ2v) is 20.8. The van der Waals surface area contributed by atoms with E-state index in [1.807, 2.05) is 39.4 Å². The molecule has 0 rings (SSSR count). The molecule has 0 saturated heterocycles. The van der Waals surface area contributed by atoms with Crippen molar-refractivity contribution in [3.63, 3.8) is 0 Å². The van der Waals surface area contributed by atoms with E-state index >= 15 is 0 Å². The van der Waals surface area contributed by atoms with E-state index in [1.165, 1.54) is 96.3 Å². The summed E-state index contributed by atoms with van der Waals surface area (Å²) >= 11 is 0. The first-order valence-electron chi connectivity index (χ1n) is 27.4. The Labute approximate surface area is 418 Å². The molecule has 3 atom stereocenters. The van der Waals surface area contributed by atoms with Crippen molar-refractivity contribution in [2.24, 2.45) is 0 Å². The first-order valence-corrected chi connectivity index (χ1v) is 28.9. The SMILES string of the molecule is CC/C=C/C/C=C/C/C=C/C/C=C/C/C=C/CCC(=O)NC(COP(=O)([O-])OCC[N+](C)(C)C)C(/C=C/CCCCCCCCCCCC)OC(=O)CCCCC/C=C\CCCCCCCCC. The molecule has 0 aliphatic heterocycles. The maximum absolute atomic E-state index is 13.4. The van der Waals surface area contributed by atoms with Crippen molar-refractivity contribution in [1.29, 1.82) is 0 Å². The van der Waals surface area contributed by atoms with Gasteiger partial charge < -0.3 is 28.5 Å². The van der Waals surface area contributed by atoms with E-state index in [-0.39, 0.29) is 31.3 Å². The lowest BCUT2D eigenvalue weighted by Crippen LogP contribution is -2.47. The summed E-state index contributed by atoms with van der Waals surface area (Å²) in [5, 5.41) is 2.96. The Hall–Kier alpha value is -2.81. The number of amides is 1. The van der Waals surface area contributed by atoms with Crippen LogP contribution < -0.4 is 10.2 Å². The Balaban J connectivity index is 5.54. The molecule has 0 aliphatic carbocycles. The molecule has 3 unspecified atom stereocenters. The number of allylic oxidation sites excluding steroid dienone is 13. The smallest absolute Gasteiger partial charge is 0.306 e. The fraction of sp³-hybridized carbons (Fsp3) is 0.724. The molecular formula is C58H103N2O7P. The number of nitrogens with zero attached hydrogens (tertiary/aromatic N) is 1. The zero-order valence-corrected chi connectivity index (χ0v) is 45.4. The van der Waals surface area contributed by atoms with Gasteiger partial charge in [0.1, 0.15) is 19.3 Å². The van der Waals surface area contributed by atoms with Crippen LogP contribution in [-0.2, 0) is 27.9 Å². The number of hydrogen-bond donors (Lipinski definition) is 1. The van der Waals surface area contributed by atoms with E-state index in [0.29, 0.717) is 23.9 Å². The number of rotatable bonds is 48. The van der Waals surface area contributed by atoms with Crippen LogP contribution in [0.25, 0.3) is 0 Å². The Morgan fingerprint density at radius 2 is 0.956 bits per heavy atom. The number of ether oxygens (including phenoxy) is 1. The minimum Gasteiger partial charge on any atom is -0.756 e. The summed E-state index contributed by atoms with van der Waals surface area (Å²) in [5.41, 5.74) is 0. The highest BCUT2D eigenvalue weighted by Crippen LogP contribution is 2.38. The number of phosphoric acid groups is 1. The van der Waals surface area contributed by atoms with Crippen LogP contribution in [-0.4, -0.2) is 69.4 Å². The number of phosphoric ester groups is 1. The van der Waals surface area contributed by atoms with Crippen molar-refractivity contribution in [1.82, 2.24) is 5.32 Å². The third-order valence-electron chi connectivity index (χ3n) is 11.6. The summed E-state index contributed by atoms with van der Waals surface area (Å²) in [4.78, 5) is 39.7. The Morgan fingerprint density at radius 1 is 0.529 bits per heavy atom. The minimum atomic E-state index is -4.72. The molecule has 0 heterocycles. The molecule has 68 heavy (non-hydrogen) atoms. The van der Waals surface area contributed by atoms with Gasteiger partial charge >= 0.3 is 5.97 Å². The van der Waals surface area contributed by atoms with Crippen LogP contribution in [0, 0.1) is 0 Å². The van der Waals surface area contributed by atoms with Crippen LogP contribution in [0.3, 0.4) is 0 Å². The Kier molecular flexibility index (Phi) is 45.9. The lowest BCUT2D eigenvalue weighted by molar-refractivity contribution is -0.870. The number of carbonyl (C=O) groups is 2. The standard InChI is InChI=1S/C58H103N2O7P/c1-7-10-13-16-19-22-25-28-30-31-32-35-38-41-44-47-50-57(61)59-55(54-66-68(63,64)65-53-52-60(4,5)6)56(49-46-43-40-37-34-27-24-21-18-15-12-9-3)67-58(62)51-48-45-42-39-36-33-29-26-23-20-17-14-11-8-2/h10,13,19,22,28,30,32-33,35-36,41,44,46,49,55-56H,7-9,11-12,14-18,20-21,23-27,29,31,34,37-40,42-43,45,47-48,50-54H2,1-6H3,(H-,59,61,63,64)/b13-10+,22-19+,30-28+,35-32+,36-33-,44-41+,49-46+. The van der Waals surface area contributed by atoms with E-state index in [0.717, 1.165) is 77.0 Å². The lowest BCUT2D eigenvalue weighted by Gasteiger charge is -2.30. The number of carbonyl (C=O) groups excluding carboxylic acids is 2. The van der Waals surface area contributed by atoms with Gasteiger partial charge in [0.05, 0.1) is 33.8 Å². The van der Waals surface area contributed by atoms with Crippen LogP contribution in [0.5, 0.6) is 0 Å². The molecule has 9 nitrogen and oxygen atoms in total. The Morgan fingerprint density at radius 3 is 1.44 bits per heavy atom. The highest BCUT2D eigenvalue weighted by molar-refractivity contribution is 7.45. The maximum atomic E-state index is 13.4. The minimum absolute atomic E-state index is 0.0410. The number of esters is 1. The van der Waals surface area contributed by atoms with Gasteiger partial charge in [-0.1, -0.05) is 202 Å². The third-order valence-corrected chi connectivity index (χ3v) is 12.5. The van der Waals surface area contributed by atoms with E-state index in [9.17, 15) is 19.0 Å². The number of nitrogens with one attached hydrogen (secondary N) is 1. The van der Waals surface area contributed by atoms with E-state index in [4.69, 9.17) is 13.8 Å². The summed E-state index contributed by atoms with van der Waals surface area (Å²) in [6, 6.07) is -0.936. The number of hydrogen-bond acceptors (Lipinski definition) is 7. The second-order valence-electron chi connectivity index (χ2n) is 19.3. The van der Waals surface area contributed by atoms with Gasteiger partial charge in [0.15, 0.2) is 0 Å². The van der Waals surface area contributed by atoms with Gasteiger partial charge in [-0.05, 0) is 89.5 Å². The highest BCUT2D eigenvalue weighted by Gasteiger charge is 2.27. The number of quaternary nitrogens is 1. The van der Waals surface area contributed by atoms with Crippen molar-refractivity contribution in [3.8, 4) is 0 Å². The number of likely N-dealkylation sites (N-methyl/N-ethyl adjacent to an activating group) is 1. The predicted molar refractivity (Wildman–Crippen MR) is 288 cm³/mol. The maximum Gasteiger partial charge on any atom is 0.306 e. The van der Waals surface area contributed by atoms with Gasteiger partial charge in [-0.2, -0.15) is 0 Å². The molecule has 0 bridgehead atoms. The molecular weight excluding hydrogens is 868 g/mol. The van der Waals surface area contributed by atoms with Crippen LogP contribution >= 0.6 is 7.82 Å². The first-order chi connectivity index (χ1) is 32.9. The molecule has 0 aromatic heterocycles. The van der Waals surface area contributed by atoms with Crippen LogP contribution in [0.2, 0.25) is 0 Å². The molecule has 0 saturated carbocycles. The van der Waals surface area contributed by atoms with Gasteiger partial charge in [-0.15, -0.1) is 0 Å². The van der Waals surface area contributed by atoms with Crippen molar-refractivity contribution < 1.29 is 37.3 Å². The predicted octanol–water partition coefficient (Wildman–Crippen LogP) is 15.6. The van der Waals surface area contributed by atoms with Gasteiger partial charge in [0, 0.05) is 12.8 Å². The first kappa shape index (κ1) is 65.2. The fourth-order valence-corrected chi connectivity index (χ4v) is 8.05. The quantitative estimate of drug-likeness (QED) is 0.0212. The Bertz CT molecular complexity index is 1440. The summed E-state index contributed by atoms with van der Waals surface area (Å²) in [7, 11) is 1.12. The summed E-state index contributed by atoms with van der Waals surface area (Å²) in [5.74, 6) is -0.661. The molecule has 1 N–H and O–H groups in total. The largest absolute Gasteiger partial charge is 0.756 e. The third kappa shape index (κ3) is 48.2. The van der Waals surface area contributed by atoms with E-state index in [1.54, 1.807) is 6.08 Å². The van der Waals surface area contributed by atoms with Crippen LogP contribution in [0.15, 0.2) is 85.1 Å². The number of unbranched alkanes of at least 4 members (excludes halogenated alkanes) is 20. The molecule has 0 aromatic rings. The van der Waals surface area contributed by atoms with Crippen molar-refractivity contribution in [2.45, 2.75) is 232 Å². The highest BCUT2D eigenvalue weighted by atomic mass is 31.2. The molecule has 10 heteroatoms. The molecule has 0 spiro atoms. The lowest BCUT2D eigenvalue weighted by atomic mass is 10.1. The van der Waals surface area contributed by atoms with E-state index in [2.05, 4.69) is 86.8 Å². The zero-order valence-electron chi connectivity index (χ0n) is 44.5.